The fourth-order valence-corrected chi connectivity index (χ4v) is 8.21. The van der Waals surface area contributed by atoms with E-state index < -0.39 is 21.8 Å². The zero-order chi connectivity index (χ0) is 25.6. The Balaban J connectivity index is 1.27. The van der Waals surface area contributed by atoms with E-state index in [4.69, 9.17) is 0 Å². The van der Waals surface area contributed by atoms with E-state index in [-0.39, 0.29) is 29.6 Å². The highest BCUT2D eigenvalue weighted by Gasteiger charge is 2.51. The number of anilines is 1. The van der Waals surface area contributed by atoms with Gasteiger partial charge in [0.1, 0.15) is 0 Å². The molecule has 194 valence electrons. The van der Waals surface area contributed by atoms with Crippen molar-refractivity contribution in [2.75, 3.05) is 17.4 Å². The predicted octanol–water partition coefficient (Wildman–Crippen LogP) is 5.17. The molecule has 0 aromatic heterocycles. The topological polar surface area (TPSA) is 78.5 Å². The summed E-state index contributed by atoms with van der Waals surface area (Å²) in [6, 6.07) is 11.4. The third-order valence-corrected chi connectivity index (χ3v) is 9.67. The maximum Gasteiger partial charge on any atom is 0.416 e. The number of amides is 2. The fourth-order valence-electron chi connectivity index (χ4n) is 6.75. The Morgan fingerprint density at radius 2 is 1.47 bits per heavy atom. The molecule has 4 aliphatic rings. The number of halogens is 3. The van der Waals surface area contributed by atoms with E-state index in [0.717, 1.165) is 47.8 Å². The van der Waals surface area contributed by atoms with Gasteiger partial charge in [0.05, 0.1) is 22.7 Å². The lowest BCUT2D eigenvalue weighted by Gasteiger charge is -2.56. The Kier molecular flexibility index (Phi) is 6.43. The first-order valence-corrected chi connectivity index (χ1v) is 13.8. The zero-order valence-electron chi connectivity index (χ0n) is 19.8. The zero-order valence-corrected chi connectivity index (χ0v) is 20.6. The van der Waals surface area contributed by atoms with Gasteiger partial charge in [-0.25, -0.2) is 13.2 Å². The molecule has 2 aromatic rings. The number of nitrogens with one attached hydrogen (secondary N) is 2. The highest BCUT2D eigenvalue weighted by Crippen LogP contribution is 2.55. The van der Waals surface area contributed by atoms with Crippen molar-refractivity contribution in [2.45, 2.75) is 55.1 Å². The number of para-hydroxylation sites is 1. The molecule has 0 unspecified atom stereocenters. The second-order valence-electron chi connectivity index (χ2n) is 10.5. The van der Waals surface area contributed by atoms with Gasteiger partial charge in [0.2, 0.25) is 0 Å². The Morgan fingerprint density at radius 3 is 2.00 bits per heavy atom. The third kappa shape index (κ3) is 5.05. The van der Waals surface area contributed by atoms with Crippen molar-refractivity contribution in [2.24, 2.45) is 17.8 Å². The van der Waals surface area contributed by atoms with Crippen molar-refractivity contribution in [1.82, 2.24) is 10.6 Å². The molecule has 0 saturated heterocycles. The largest absolute Gasteiger partial charge is 0.416 e. The van der Waals surface area contributed by atoms with Crippen LogP contribution in [0.5, 0.6) is 0 Å². The van der Waals surface area contributed by atoms with Crippen LogP contribution in [0.15, 0.2) is 59.5 Å². The maximum absolute atomic E-state index is 13.4. The van der Waals surface area contributed by atoms with E-state index in [2.05, 4.69) is 10.6 Å². The number of carbonyl (C=O) groups is 1. The number of nitrogens with zero attached hydrogens (tertiary/aromatic N) is 1. The molecule has 4 aliphatic carbocycles. The summed E-state index contributed by atoms with van der Waals surface area (Å²) in [6.07, 6.45) is 2.24. The van der Waals surface area contributed by atoms with Gasteiger partial charge >= 0.3 is 12.2 Å². The first-order valence-electron chi connectivity index (χ1n) is 12.4. The molecule has 0 atom stereocenters. The van der Waals surface area contributed by atoms with Gasteiger partial charge in [-0.05, 0) is 92.7 Å². The second kappa shape index (κ2) is 9.28. The van der Waals surface area contributed by atoms with E-state index >= 15 is 0 Å². The van der Waals surface area contributed by atoms with Crippen LogP contribution in [0, 0.1) is 17.8 Å². The average Bonchev–Trinajstić information content (AvgIpc) is 2.80. The summed E-state index contributed by atoms with van der Waals surface area (Å²) in [6.45, 7) is -0.0192. The molecular formula is C26H30F3N3O3S. The lowest BCUT2D eigenvalue weighted by molar-refractivity contribution is -0.137. The number of carbonyl (C=O) groups excluding carboxylic acids is 1. The van der Waals surface area contributed by atoms with Crippen molar-refractivity contribution in [3.8, 4) is 0 Å². The molecule has 36 heavy (non-hydrogen) atoms. The SMILES string of the molecule is O=C(NCCN(c1ccccc1)S(=O)(=O)c1ccc(C(F)(F)F)cc1)NC12CC3CC(CC(C3)C1)C2. The van der Waals surface area contributed by atoms with Crippen molar-refractivity contribution in [3.05, 3.63) is 60.2 Å². The Labute approximate surface area is 209 Å². The Morgan fingerprint density at radius 1 is 0.917 bits per heavy atom. The predicted molar refractivity (Wildman–Crippen MR) is 130 cm³/mol. The van der Waals surface area contributed by atoms with E-state index in [1.165, 1.54) is 19.3 Å². The van der Waals surface area contributed by atoms with E-state index in [9.17, 15) is 26.4 Å². The summed E-state index contributed by atoms with van der Waals surface area (Å²) >= 11 is 0. The molecule has 0 spiro atoms. The summed E-state index contributed by atoms with van der Waals surface area (Å²) in [4.78, 5) is 12.5. The fraction of sp³-hybridized carbons (Fsp3) is 0.500. The summed E-state index contributed by atoms with van der Waals surface area (Å²) in [5, 5.41) is 6.01. The molecule has 0 aliphatic heterocycles. The van der Waals surface area contributed by atoms with Gasteiger partial charge in [-0.3, -0.25) is 4.31 Å². The third-order valence-electron chi connectivity index (χ3n) is 7.83. The Bertz CT molecular complexity index is 1170. The first kappa shape index (κ1) is 24.9. The van der Waals surface area contributed by atoms with Gasteiger partial charge in [-0.15, -0.1) is 0 Å². The van der Waals surface area contributed by atoms with Crippen LogP contribution in [0.2, 0.25) is 0 Å². The van der Waals surface area contributed by atoms with Crippen LogP contribution in [0.3, 0.4) is 0 Å². The smallest absolute Gasteiger partial charge is 0.336 e. The van der Waals surface area contributed by atoms with Crippen LogP contribution >= 0.6 is 0 Å². The number of rotatable bonds is 7. The molecule has 0 radical (unpaired) electrons. The number of hydrogen-bond acceptors (Lipinski definition) is 3. The van der Waals surface area contributed by atoms with Crippen molar-refractivity contribution < 1.29 is 26.4 Å². The molecule has 10 heteroatoms. The summed E-state index contributed by atoms with van der Waals surface area (Å²) < 4.78 is 66.7. The molecule has 4 bridgehead atoms. The Hall–Kier alpha value is -2.75. The normalized spacial score (nSPS) is 27.0. The molecule has 0 heterocycles. The van der Waals surface area contributed by atoms with Gasteiger partial charge in [-0.1, -0.05) is 18.2 Å². The molecule has 2 aromatic carbocycles. The number of alkyl halides is 3. The molecule has 4 saturated carbocycles. The summed E-state index contributed by atoms with van der Waals surface area (Å²) in [5.74, 6) is 2.04. The number of sulfonamides is 1. The van der Waals surface area contributed by atoms with E-state index in [1.807, 2.05) is 0 Å². The molecular weight excluding hydrogens is 491 g/mol. The van der Waals surface area contributed by atoms with Crippen LogP contribution in [-0.2, 0) is 16.2 Å². The van der Waals surface area contributed by atoms with Gasteiger partial charge in [0.25, 0.3) is 10.0 Å². The van der Waals surface area contributed by atoms with Crippen LogP contribution in [0.25, 0.3) is 0 Å². The minimum atomic E-state index is -4.56. The van der Waals surface area contributed by atoms with E-state index in [0.29, 0.717) is 23.4 Å². The van der Waals surface area contributed by atoms with Crippen molar-refractivity contribution >= 4 is 21.7 Å². The molecule has 6 nitrogen and oxygen atoms in total. The minimum absolute atomic E-state index is 0.0486. The van der Waals surface area contributed by atoms with Crippen LogP contribution < -0.4 is 14.9 Å². The highest BCUT2D eigenvalue weighted by atomic mass is 32.2. The average molecular weight is 522 g/mol. The first-order chi connectivity index (χ1) is 17.0. The van der Waals surface area contributed by atoms with Crippen LogP contribution in [-0.4, -0.2) is 33.1 Å². The number of benzene rings is 2. The molecule has 2 N–H and O–H groups in total. The van der Waals surface area contributed by atoms with Gasteiger partial charge in [-0.2, -0.15) is 13.2 Å². The number of urea groups is 1. The summed E-state index contributed by atoms with van der Waals surface area (Å²) in [5.41, 5.74) is -0.721. The van der Waals surface area contributed by atoms with Crippen LogP contribution in [0.4, 0.5) is 23.7 Å². The highest BCUT2D eigenvalue weighted by molar-refractivity contribution is 7.92. The molecule has 2 amide bonds. The number of hydrogen-bond donors (Lipinski definition) is 2. The van der Waals surface area contributed by atoms with Gasteiger partial charge in [0, 0.05) is 12.1 Å². The van der Waals surface area contributed by atoms with Crippen molar-refractivity contribution in [1.29, 1.82) is 0 Å². The standard InChI is InChI=1S/C26H30F3N3O3S/c27-26(28,29)21-6-8-23(9-7-21)36(34,35)32(22-4-2-1-3-5-22)11-10-30-24(33)31-25-15-18-12-19(16-25)14-20(13-18)17-25/h1-9,18-20H,10-17H2,(H2,30,31,33). The van der Waals surface area contributed by atoms with Crippen LogP contribution in [0.1, 0.15) is 44.1 Å². The molecule has 4 fully saturated rings. The lowest BCUT2D eigenvalue weighted by Crippen LogP contribution is -2.61. The summed E-state index contributed by atoms with van der Waals surface area (Å²) in [7, 11) is -4.16. The van der Waals surface area contributed by atoms with Gasteiger partial charge in [0.15, 0.2) is 0 Å². The quantitative estimate of drug-likeness (QED) is 0.528. The minimum Gasteiger partial charge on any atom is -0.336 e. The van der Waals surface area contributed by atoms with E-state index in [1.54, 1.807) is 30.3 Å². The van der Waals surface area contributed by atoms with Gasteiger partial charge < -0.3 is 10.6 Å². The monoisotopic (exact) mass is 521 g/mol. The molecule has 6 rings (SSSR count). The second-order valence-corrected chi connectivity index (χ2v) is 12.4. The maximum atomic E-state index is 13.4. The lowest BCUT2D eigenvalue weighted by atomic mass is 9.53. The van der Waals surface area contributed by atoms with Crippen molar-refractivity contribution in [3.63, 3.8) is 0 Å².